The summed E-state index contributed by atoms with van der Waals surface area (Å²) in [5.41, 5.74) is 0. The van der Waals surface area contributed by atoms with Crippen LogP contribution in [0.15, 0.2) is 0 Å². The van der Waals surface area contributed by atoms with E-state index >= 15 is 0 Å². The van der Waals surface area contributed by atoms with Crippen LogP contribution in [-0.4, -0.2) is 33.8 Å². The summed E-state index contributed by atoms with van der Waals surface area (Å²) in [6, 6.07) is 0. The Bertz CT molecular complexity index is 422. The van der Waals surface area contributed by atoms with Gasteiger partial charge >= 0.3 is 10.4 Å². The van der Waals surface area contributed by atoms with E-state index in [2.05, 4.69) is 11.1 Å². The van der Waals surface area contributed by atoms with E-state index < -0.39 is 20.7 Å². The molecule has 27 heavy (non-hydrogen) atoms. The molecule has 0 heterocycles. The summed E-state index contributed by atoms with van der Waals surface area (Å²) < 4.78 is 32.2. The molecule has 0 aliphatic heterocycles. The molecule has 166 valence electrons. The Morgan fingerprint density at radius 1 is 0.593 bits per heavy atom. The van der Waals surface area contributed by atoms with Gasteiger partial charge in [-0.25, -0.2) is 0 Å². The molecule has 0 rings (SSSR count). The zero-order valence-electron chi connectivity index (χ0n) is 18.5. The molecule has 0 amide bonds. The largest absolute Gasteiger partial charge is 0.409 e. The Hall–Kier alpha value is 0.220. The Morgan fingerprint density at radius 3 is 1.26 bits per heavy atom. The van der Waals surface area contributed by atoms with Gasteiger partial charge in [-0.1, -0.05) is 103 Å². The van der Waals surface area contributed by atoms with Gasteiger partial charge in [0.2, 0.25) is 0 Å². The van der Waals surface area contributed by atoms with Crippen molar-refractivity contribution in [2.75, 3.05) is 25.4 Å². The molecule has 0 aliphatic carbocycles. The molecule has 4 nitrogen and oxygen atoms in total. The first-order chi connectivity index (χ1) is 12.8. The maximum Gasteiger partial charge on any atom is 0.409 e. The third-order valence-electron chi connectivity index (χ3n) is 4.96. The van der Waals surface area contributed by atoms with Crippen LogP contribution in [0.25, 0.3) is 0 Å². The lowest BCUT2D eigenvalue weighted by atomic mass is 10.0. The number of rotatable bonds is 20. The summed E-state index contributed by atoms with van der Waals surface area (Å²) in [6.45, 7) is 2.27. The fourth-order valence-corrected chi connectivity index (χ4v) is 6.48. The fourth-order valence-electron chi connectivity index (χ4n) is 3.29. The lowest BCUT2D eigenvalue weighted by Crippen LogP contribution is -2.13. The van der Waals surface area contributed by atoms with Crippen LogP contribution in [0.4, 0.5) is 0 Å². The van der Waals surface area contributed by atoms with Gasteiger partial charge < -0.3 is 0 Å². The Kier molecular flexibility index (Phi) is 17.2. The summed E-state index contributed by atoms with van der Waals surface area (Å²) in [4.78, 5) is 0. The van der Waals surface area contributed by atoms with Crippen molar-refractivity contribution < 1.29 is 16.2 Å². The van der Waals surface area contributed by atoms with Crippen molar-refractivity contribution in [2.45, 2.75) is 110 Å². The normalized spacial score (nSPS) is 13.2. The van der Waals surface area contributed by atoms with Gasteiger partial charge in [-0.15, -0.1) is 10.3 Å². The summed E-state index contributed by atoms with van der Waals surface area (Å²) in [7, 11) is -4.26. The lowest BCUT2D eigenvalue weighted by molar-refractivity contribution is 0.340. The average Bonchev–Trinajstić information content (AvgIpc) is 2.60. The molecule has 6 heteroatoms. The molecule has 0 saturated carbocycles. The maximum atomic E-state index is 11.4. The third kappa shape index (κ3) is 19.3. The second-order valence-electron chi connectivity index (χ2n) is 8.09. The average molecular weight is 427 g/mol. The number of unbranched alkanes of at least 4 members (excludes halogenated alkanes) is 15. The van der Waals surface area contributed by atoms with Gasteiger partial charge in [-0.2, -0.15) is 12.0 Å². The molecule has 0 bridgehead atoms. The van der Waals surface area contributed by atoms with Crippen LogP contribution in [0, 0.1) is 0 Å². The van der Waals surface area contributed by atoms with Crippen molar-refractivity contribution in [2.24, 2.45) is 0 Å². The molecule has 0 aliphatic rings. The summed E-state index contributed by atoms with van der Waals surface area (Å²) in [5, 5.41) is 0. The van der Waals surface area contributed by atoms with Gasteiger partial charge in [0.15, 0.2) is 0 Å². The van der Waals surface area contributed by atoms with Crippen LogP contribution in [0.2, 0.25) is 0 Å². The highest BCUT2D eigenvalue weighted by molar-refractivity contribution is 8.31. The van der Waals surface area contributed by atoms with E-state index in [1.807, 2.05) is 12.5 Å². The molecule has 0 aromatic heterocycles. The smallest absolute Gasteiger partial charge is 0.251 e. The van der Waals surface area contributed by atoms with Crippen LogP contribution in [-0.2, 0) is 18.2 Å². The molecule has 0 radical (unpaired) electrons. The predicted octanol–water partition coefficient (Wildman–Crippen LogP) is 7.13. The third-order valence-corrected chi connectivity index (χ3v) is 8.78. The van der Waals surface area contributed by atoms with E-state index in [0.29, 0.717) is 0 Å². The first kappa shape index (κ1) is 27.2. The predicted molar refractivity (Wildman–Crippen MR) is 121 cm³/mol. The zero-order chi connectivity index (χ0) is 20.4. The molecule has 0 fully saturated rings. The maximum absolute atomic E-state index is 11.4. The van der Waals surface area contributed by atoms with E-state index in [9.17, 15) is 8.42 Å². The number of hydrogen-bond acceptors (Lipinski definition) is 4. The van der Waals surface area contributed by atoms with Crippen LogP contribution in [0.1, 0.15) is 110 Å². The molecular weight excluding hydrogens is 380 g/mol. The quantitative estimate of drug-likeness (QED) is 0.194. The van der Waals surface area contributed by atoms with Crippen molar-refractivity contribution in [1.29, 1.82) is 0 Å². The van der Waals surface area contributed by atoms with Crippen molar-refractivity contribution in [1.82, 2.24) is 0 Å². The van der Waals surface area contributed by atoms with Crippen molar-refractivity contribution in [3.63, 3.8) is 0 Å². The van der Waals surface area contributed by atoms with E-state index in [0.717, 1.165) is 25.7 Å². The standard InChI is InChI=1S/C21H46O4S2/c1-5-6-7-8-9-10-11-12-13-14-15-16-17-18-19-20-21-26(3,4)25-27(22,23)24-2/h5-21H2,1-4H3. The molecule has 0 N–H and O–H groups in total. The van der Waals surface area contributed by atoms with E-state index in [1.165, 1.54) is 89.9 Å². The summed E-state index contributed by atoms with van der Waals surface area (Å²) in [6.07, 6.45) is 25.3. The van der Waals surface area contributed by atoms with Crippen molar-refractivity contribution >= 4 is 20.7 Å². The Morgan fingerprint density at radius 2 is 0.926 bits per heavy atom. The summed E-state index contributed by atoms with van der Waals surface area (Å²) >= 11 is 0. The van der Waals surface area contributed by atoms with Gasteiger partial charge in [0, 0.05) is 0 Å². The Balaban J connectivity index is 3.34. The molecular formula is C21H46O4S2. The second-order valence-corrected chi connectivity index (χ2v) is 13.1. The van der Waals surface area contributed by atoms with Gasteiger partial charge in [0.1, 0.15) is 0 Å². The minimum absolute atomic E-state index is 0.814. The molecule has 0 unspecified atom stereocenters. The monoisotopic (exact) mass is 426 g/mol. The van der Waals surface area contributed by atoms with Crippen LogP contribution in [0.3, 0.4) is 0 Å². The van der Waals surface area contributed by atoms with E-state index in [4.69, 9.17) is 3.63 Å². The molecule has 0 aromatic carbocycles. The lowest BCUT2D eigenvalue weighted by Gasteiger charge is -2.28. The van der Waals surface area contributed by atoms with Gasteiger partial charge in [-0.05, 0) is 24.7 Å². The van der Waals surface area contributed by atoms with Gasteiger partial charge in [0.25, 0.3) is 0 Å². The first-order valence-corrected chi connectivity index (χ1v) is 14.9. The van der Waals surface area contributed by atoms with E-state index in [1.54, 1.807) is 0 Å². The molecule has 0 saturated heterocycles. The zero-order valence-corrected chi connectivity index (χ0v) is 20.1. The van der Waals surface area contributed by atoms with E-state index in [-0.39, 0.29) is 0 Å². The van der Waals surface area contributed by atoms with Crippen LogP contribution in [0.5, 0.6) is 0 Å². The minimum atomic E-state index is -3.81. The highest BCUT2D eigenvalue weighted by Crippen LogP contribution is 2.44. The molecule has 0 atom stereocenters. The topological polar surface area (TPSA) is 52.6 Å². The van der Waals surface area contributed by atoms with Gasteiger partial charge in [0.05, 0.1) is 7.11 Å². The SMILES string of the molecule is CCCCCCCCCCCCCCCCCCS(C)(C)OS(=O)(=O)OC. The fraction of sp³-hybridized carbons (Fsp3) is 1.00. The van der Waals surface area contributed by atoms with Crippen molar-refractivity contribution in [3.8, 4) is 0 Å². The Labute approximate surface area is 172 Å². The van der Waals surface area contributed by atoms with Gasteiger partial charge in [-0.3, -0.25) is 4.18 Å². The molecule has 0 spiro atoms. The minimum Gasteiger partial charge on any atom is -0.251 e. The van der Waals surface area contributed by atoms with Crippen LogP contribution < -0.4 is 0 Å². The second kappa shape index (κ2) is 17.1. The highest BCUT2D eigenvalue weighted by Gasteiger charge is 2.21. The highest BCUT2D eigenvalue weighted by atomic mass is 32.3. The molecule has 0 aromatic rings. The van der Waals surface area contributed by atoms with Crippen LogP contribution >= 0.6 is 10.3 Å². The first-order valence-electron chi connectivity index (χ1n) is 11.1. The number of hydrogen-bond donors (Lipinski definition) is 0. The summed E-state index contributed by atoms with van der Waals surface area (Å²) in [5.74, 6) is 0.814. The van der Waals surface area contributed by atoms with Crippen molar-refractivity contribution in [3.05, 3.63) is 0 Å².